The molecule has 5 nitrogen and oxygen atoms in total. The summed E-state index contributed by atoms with van der Waals surface area (Å²) in [4.78, 5) is 16.6. The first-order chi connectivity index (χ1) is 12.2. The lowest BCUT2D eigenvalue weighted by atomic mass is 10.1. The lowest BCUT2D eigenvalue weighted by Crippen LogP contribution is -2.22. The number of carbonyl (C=O) groups is 1. The zero-order valence-electron chi connectivity index (χ0n) is 14.6. The highest BCUT2D eigenvalue weighted by molar-refractivity contribution is 5.88. The summed E-state index contributed by atoms with van der Waals surface area (Å²) < 4.78 is 11.3. The molecule has 0 fully saturated rings. The first-order valence-electron chi connectivity index (χ1n) is 8.14. The molecule has 1 N–H and O–H groups in total. The van der Waals surface area contributed by atoms with Crippen LogP contribution in [0.1, 0.15) is 24.5 Å². The molecule has 0 bridgehead atoms. The van der Waals surface area contributed by atoms with Crippen molar-refractivity contribution in [1.82, 2.24) is 5.48 Å². The fourth-order valence-electron chi connectivity index (χ4n) is 2.32. The standard InChI is InChI=1S/C20H23NO4/c1-4-9-16-10-5-7-12-18(16)24-14-17-11-6-8-13-19(17)25-20(22)15(2)21-23-3/h5-8,10-13,21H,2,4,9,14H2,1,3H3. The monoisotopic (exact) mass is 341 g/mol. The highest BCUT2D eigenvalue weighted by Crippen LogP contribution is 2.24. The van der Waals surface area contributed by atoms with Crippen LogP contribution in [-0.4, -0.2) is 13.1 Å². The molecule has 5 heteroatoms. The molecule has 25 heavy (non-hydrogen) atoms. The summed E-state index contributed by atoms with van der Waals surface area (Å²) >= 11 is 0. The fraction of sp³-hybridized carbons (Fsp3) is 0.250. The number of carbonyl (C=O) groups excluding carboxylic acids is 1. The van der Waals surface area contributed by atoms with Crippen LogP contribution in [0.4, 0.5) is 0 Å². The van der Waals surface area contributed by atoms with Crippen LogP contribution in [0, 0.1) is 0 Å². The Balaban J connectivity index is 2.08. The van der Waals surface area contributed by atoms with Crippen molar-refractivity contribution in [2.24, 2.45) is 0 Å². The largest absolute Gasteiger partial charge is 0.488 e. The molecule has 0 aliphatic rings. The predicted molar refractivity (Wildman–Crippen MR) is 96.1 cm³/mol. The Labute approximate surface area is 148 Å². The normalized spacial score (nSPS) is 10.2. The Kier molecular flexibility index (Phi) is 7.04. The average molecular weight is 341 g/mol. The van der Waals surface area contributed by atoms with Gasteiger partial charge in [0.1, 0.15) is 23.8 Å². The maximum atomic E-state index is 12.0. The molecule has 2 aromatic rings. The van der Waals surface area contributed by atoms with Crippen LogP contribution >= 0.6 is 0 Å². The van der Waals surface area contributed by atoms with Crippen molar-refractivity contribution < 1.29 is 19.1 Å². The van der Waals surface area contributed by atoms with Gasteiger partial charge in [-0.1, -0.05) is 56.3 Å². The van der Waals surface area contributed by atoms with Crippen LogP contribution in [0.25, 0.3) is 0 Å². The maximum Gasteiger partial charge on any atom is 0.361 e. The quantitative estimate of drug-likeness (QED) is 0.325. The number of rotatable bonds is 9. The van der Waals surface area contributed by atoms with E-state index in [2.05, 4.69) is 29.9 Å². The molecular formula is C20H23NO4. The molecule has 0 aliphatic carbocycles. The second-order valence-corrected chi connectivity index (χ2v) is 5.43. The summed E-state index contributed by atoms with van der Waals surface area (Å²) in [6, 6.07) is 15.2. The van der Waals surface area contributed by atoms with Crippen LogP contribution in [0.3, 0.4) is 0 Å². The number of hydrogen-bond donors (Lipinski definition) is 1. The third-order valence-corrected chi connectivity index (χ3v) is 3.52. The maximum absolute atomic E-state index is 12.0. The molecule has 0 atom stereocenters. The van der Waals surface area contributed by atoms with Crippen LogP contribution in [-0.2, 0) is 22.7 Å². The van der Waals surface area contributed by atoms with Gasteiger partial charge in [-0.3, -0.25) is 10.3 Å². The van der Waals surface area contributed by atoms with Gasteiger partial charge in [0.2, 0.25) is 0 Å². The number of ether oxygens (including phenoxy) is 2. The first-order valence-corrected chi connectivity index (χ1v) is 8.14. The van der Waals surface area contributed by atoms with Gasteiger partial charge in [0.25, 0.3) is 0 Å². The smallest absolute Gasteiger partial charge is 0.361 e. The van der Waals surface area contributed by atoms with E-state index in [1.165, 1.54) is 7.11 Å². The molecule has 132 valence electrons. The number of esters is 1. The van der Waals surface area contributed by atoms with E-state index in [1.54, 1.807) is 12.1 Å². The van der Waals surface area contributed by atoms with Crippen molar-refractivity contribution in [1.29, 1.82) is 0 Å². The molecule has 0 unspecified atom stereocenters. The van der Waals surface area contributed by atoms with Crippen molar-refractivity contribution >= 4 is 5.97 Å². The Morgan fingerprint density at radius 2 is 1.68 bits per heavy atom. The summed E-state index contributed by atoms with van der Waals surface area (Å²) in [7, 11) is 1.40. The van der Waals surface area contributed by atoms with Gasteiger partial charge in [-0.05, 0) is 24.1 Å². The van der Waals surface area contributed by atoms with E-state index in [0.717, 1.165) is 29.7 Å². The van der Waals surface area contributed by atoms with Gasteiger partial charge in [0.05, 0.1) is 7.11 Å². The molecule has 0 saturated carbocycles. The molecule has 0 saturated heterocycles. The number of aryl methyl sites for hydroxylation is 1. The minimum absolute atomic E-state index is 0.0199. The van der Waals surface area contributed by atoms with E-state index < -0.39 is 5.97 Å². The van der Waals surface area contributed by atoms with Crippen molar-refractivity contribution in [3.8, 4) is 11.5 Å². The third-order valence-electron chi connectivity index (χ3n) is 3.52. The zero-order valence-corrected chi connectivity index (χ0v) is 14.6. The minimum atomic E-state index is -0.610. The van der Waals surface area contributed by atoms with E-state index in [0.29, 0.717) is 12.4 Å². The van der Waals surface area contributed by atoms with Crippen molar-refractivity contribution in [2.75, 3.05) is 7.11 Å². The Morgan fingerprint density at radius 1 is 1.04 bits per heavy atom. The van der Waals surface area contributed by atoms with Crippen molar-refractivity contribution in [3.63, 3.8) is 0 Å². The highest BCUT2D eigenvalue weighted by Gasteiger charge is 2.13. The van der Waals surface area contributed by atoms with Crippen LogP contribution in [0.2, 0.25) is 0 Å². The predicted octanol–water partition coefficient (Wildman–Crippen LogP) is 3.79. The zero-order chi connectivity index (χ0) is 18.1. The van der Waals surface area contributed by atoms with E-state index >= 15 is 0 Å². The Hall–Kier alpha value is -2.79. The summed E-state index contributed by atoms with van der Waals surface area (Å²) in [5, 5.41) is 0. The SMILES string of the molecule is C=C(NOC)C(=O)Oc1ccccc1COc1ccccc1CCC. The molecule has 2 rings (SSSR count). The van der Waals surface area contributed by atoms with Gasteiger partial charge < -0.3 is 9.47 Å². The first kappa shape index (κ1) is 18.5. The number of para-hydroxylation sites is 2. The number of hydrogen-bond acceptors (Lipinski definition) is 5. The van der Waals surface area contributed by atoms with E-state index in [-0.39, 0.29) is 5.70 Å². The van der Waals surface area contributed by atoms with Gasteiger partial charge in [0, 0.05) is 5.56 Å². The molecule has 0 aromatic heterocycles. The van der Waals surface area contributed by atoms with E-state index in [1.807, 2.05) is 30.3 Å². The van der Waals surface area contributed by atoms with Gasteiger partial charge in [-0.2, -0.15) is 0 Å². The molecule has 0 spiro atoms. The second-order valence-electron chi connectivity index (χ2n) is 5.43. The van der Waals surface area contributed by atoms with Gasteiger partial charge in [0.15, 0.2) is 0 Å². The second kappa shape index (κ2) is 9.49. The van der Waals surface area contributed by atoms with Crippen LogP contribution in [0.5, 0.6) is 11.5 Å². The summed E-state index contributed by atoms with van der Waals surface area (Å²) in [6.45, 7) is 5.99. The summed E-state index contributed by atoms with van der Waals surface area (Å²) in [6.07, 6.45) is 2.00. The van der Waals surface area contributed by atoms with Gasteiger partial charge >= 0.3 is 5.97 Å². The fourth-order valence-corrected chi connectivity index (χ4v) is 2.32. The molecule has 0 aliphatic heterocycles. The minimum Gasteiger partial charge on any atom is -0.488 e. The Bertz CT molecular complexity index is 727. The van der Waals surface area contributed by atoms with E-state index in [4.69, 9.17) is 9.47 Å². The molecule has 0 radical (unpaired) electrons. The average Bonchev–Trinajstić information content (AvgIpc) is 2.62. The lowest BCUT2D eigenvalue weighted by Gasteiger charge is -2.14. The molecule has 0 amide bonds. The third kappa shape index (κ3) is 5.36. The number of nitrogens with one attached hydrogen (secondary N) is 1. The van der Waals surface area contributed by atoms with Gasteiger partial charge in [-0.15, -0.1) is 0 Å². The number of hydroxylamine groups is 1. The molecular weight excluding hydrogens is 318 g/mol. The highest BCUT2D eigenvalue weighted by atomic mass is 16.6. The van der Waals surface area contributed by atoms with Crippen LogP contribution < -0.4 is 15.0 Å². The lowest BCUT2D eigenvalue weighted by molar-refractivity contribution is -0.131. The topological polar surface area (TPSA) is 56.8 Å². The molecule has 0 heterocycles. The van der Waals surface area contributed by atoms with Crippen molar-refractivity contribution in [3.05, 3.63) is 71.9 Å². The van der Waals surface area contributed by atoms with Crippen molar-refractivity contribution in [2.45, 2.75) is 26.4 Å². The van der Waals surface area contributed by atoms with Gasteiger partial charge in [-0.25, -0.2) is 4.79 Å². The summed E-state index contributed by atoms with van der Waals surface area (Å²) in [5.74, 6) is 0.663. The molecule has 2 aromatic carbocycles. The van der Waals surface area contributed by atoms with Crippen LogP contribution in [0.15, 0.2) is 60.8 Å². The number of benzene rings is 2. The van der Waals surface area contributed by atoms with E-state index in [9.17, 15) is 4.79 Å². The Morgan fingerprint density at radius 3 is 2.36 bits per heavy atom. The summed E-state index contributed by atoms with van der Waals surface area (Å²) in [5.41, 5.74) is 4.32.